The average molecular weight is 370 g/mol. The number of para-hydroxylation sites is 2. The van der Waals surface area contributed by atoms with E-state index in [4.69, 9.17) is 4.74 Å². The molecule has 0 N–H and O–H groups in total. The molecular formula is C25H26N2O. The molecule has 3 heteroatoms. The monoisotopic (exact) mass is 370 g/mol. The number of benzene rings is 3. The van der Waals surface area contributed by atoms with Gasteiger partial charge in [-0.05, 0) is 54.9 Å². The summed E-state index contributed by atoms with van der Waals surface area (Å²) in [5, 5.41) is 1.36. The molecule has 28 heavy (non-hydrogen) atoms. The van der Waals surface area contributed by atoms with E-state index in [2.05, 4.69) is 66.2 Å². The van der Waals surface area contributed by atoms with Gasteiger partial charge in [0.05, 0.1) is 0 Å². The molecule has 0 aliphatic heterocycles. The van der Waals surface area contributed by atoms with Gasteiger partial charge >= 0.3 is 0 Å². The Bertz CT molecular complexity index is 1040. The Morgan fingerprint density at radius 2 is 1.50 bits per heavy atom. The fraction of sp³-hybridized carbons (Fsp3) is 0.200. The summed E-state index contributed by atoms with van der Waals surface area (Å²) >= 11 is 0. The lowest BCUT2D eigenvalue weighted by atomic mass is 10.1. The van der Waals surface area contributed by atoms with Crippen molar-refractivity contribution in [2.45, 2.75) is 13.0 Å². The number of aryl methyl sites for hydroxylation is 1. The Kier molecular flexibility index (Phi) is 5.45. The second-order valence-corrected chi connectivity index (χ2v) is 7.33. The molecular weight excluding hydrogens is 344 g/mol. The molecule has 0 atom stereocenters. The Morgan fingerprint density at radius 1 is 0.821 bits per heavy atom. The number of hydrogen-bond donors (Lipinski definition) is 0. The number of aromatic nitrogens is 1. The van der Waals surface area contributed by atoms with Crippen LogP contribution in [0.5, 0.6) is 11.5 Å². The van der Waals surface area contributed by atoms with Gasteiger partial charge in [-0.15, -0.1) is 0 Å². The van der Waals surface area contributed by atoms with Crippen LogP contribution in [-0.4, -0.2) is 23.1 Å². The van der Waals surface area contributed by atoms with Crippen LogP contribution >= 0.6 is 0 Å². The van der Waals surface area contributed by atoms with E-state index in [1.807, 2.05) is 42.5 Å². The van der Waals surface area contributed by atoms with Crippen LogP contribution < -0.4 is 4.74 Å². The van der Waals surface area contributed by atoms with Crippen LogP contribution in [0, 0.1) is 0 Å². The number of fused-ring (bicyclic) bond motifs is 1. The molecule has 0 radical (unpaired) electrons. The van der Waals surface area contributed by atoms with Crippen LogP contribution in [0.25, 0.3) is 10.9 Å². The highest BCUT2D eigenvalue weighted by atomic mass is 16.5. The number of rotatable bonds is 7. The van der Waals surface area contributed by atoms with E-state index in [9.17, 15) is 0 Å². The van der Waals surface area contributed by atoms with Gasteiger partial charge in [-0.3, -0.25) is 0 Å². The highest BCUT2D eigenvalue weighted by Crippen LogP contribution is 2.22. The molecule has 0 amide bonds. The highest BCUT2D eigenvalue weighted by Gasteiger charge is 2.08. The van der Waals surface area contributed by atoms with Gasteiger partial charge in [-0.1, -0.05) is 48.5 Å². The van der Waals surface area contributed by atoms with Crippen molar-refractivity contribution < 1.29 is 4.74 Å². The molecule has 3 nitrogen and oxygen atoms in total. The van der Waals surface area contributed by atoms with Crippen LogP contribution in [0.1, 0.15) is 11.1 Å². The van der Waals surface area contributed by atoms with Gasteiger partial charge in [0.2, 0.25) is 0 Å². The maximum absolute atomic E-state index is 5.87. The summed E-state index contributed by atoms with van der Waals surface area (Å²) in [7, 11) is 4.30. The lowest BCUT2D eigenvalue weighted by molar-refractivity contribution is 0.331. The molecule has 142 valence electrons. The van der Waals surface area contributed by atoms with Crippen LogP contribution in [0.4, 0.5) is 0 Å². The van der Waals surface area contributed by atoms with Gasteiger partial charge in [0.1, 0.15) is 11.5 Å². The summed E-state index contributed by atoms with van der Waals surface area (Å²) in [4.78, 5) is 2.37. The van der Waals surface area contributed by atoms with E-state index in [1.165, 1.54) is 22.0 Å². The maximum atomic E-state index is 5.87. The van der Waals surface area contributed by atoms with E-state index in [0.29, 0.717) is 0 Å². The summed E-state index contributed by atoms with van der Waals surface area (Å²) in [6.45, 7) is 1.95. The summed E-state index contributed by atoms with van der Waals surface area (Å²) in [5.41, 5.74) is 4.01. The minimum atomic E-state index is 0.863. The average Bonchev–Trinajstić information content (AvgIpc) is 3.05. The summed E-state index contributed by atoms with van der Waals surface area (Å²) in [5.74, 6) is 1.73. The number of ether oxygens (including phenoxy) is 1. The smallest absolute Gasteiger partial charge is 0.127 e. The zero-order valence-corrected chi connectivity index (χ0v) is 16.5. The first-order valence-electron chi connectivity index (χ1n) is 9.72. The molecule has 0 spiro atoms. The molecule has 4 aromatic rings. The SMILES string of the molecule is CN(CCc1cn(C)c2ccccc12)Cc1ccc(Oc2ccccc2)cc1. The summed E-state index contributed by atoms with van der Waals surface area (Å²) in [6, 6.07) is 26.9. The molecule has 4 rings (SSSR count). The molecule has 0 aliphatic rings. The number of nitrogens with zero attached hydrogens (tertiary/aromatic N) is 2. The minimum Gasteiger partial charge on any atom is -0.457 e. The first kappa shape index (κ1) is 18.3. The number of hydrogen-bond acceptors (Lipinski definition) is 2. The first-order chi connectivity index (χ1) is 13.7. The molecule has 0 saturated carbocycles. The Hall–Kier alpha value is -3.04. The largest absolute Gasteiger partial charge is 0.457 e. The van der Waals surface area contributed by atoms with E-state index >= 15 is 0 Å². The standard InChI is InChI=1S/C25H26N2O/c1-26(17-16-21-19-27(2)25-11-7-6-10-24(21)25)18-20-12-14-23(15-13-20)28-22-8-4-3-5-9-22/h3-15,19H,16-18H2,1-2H3. The first-order valence-corrected chi connectivity index (χ1v) is 9.72. The van der Waals surface area contributed by atoms with Crippen molar-refractivity contribution in [3.05, 3.63) is 96.2 Å². The third-order valence-corrected chi connectivity index (χ3v) is 5.10. The second-order valence-electron chi connectivity index (χ2n) is 7.33. The molecule has 0 bridgehead atoms. The van der Waals surface area contributed by atoms with Crippen LogP contribution in [0.2, 0.25) is 0 Å². The zero-order valence-electron chi connectivity index (χ0n) is 16.5. The van der Waals surface area contributed by atoms with Crippen molar-refractivity contribution in [2.75, 3.05) is 13.6 Å². The lowest BCUT2D eigenvalue weighted by Gasteiger charge is -2.17. The quantitative estimate of drug-likeness (QED) is 0.418. The highest BCUT2D eigenvalue weighted by molar-refractivity contribution is 5.83. The zero-order chi connectivity index (χ0) is 19.3. The predicted octanol–water partition coefficient (Wildman–Crippen LogP) is 5.65. The summed E-state index contributed by atoms with van der Waals surface area (Å²) in [6.07, 6.45) is 3.31. The van der Waals surface area contributed by atoms with E-state index < -0.39 is 0 Å². The fourth-order valence-corrected chi connectivity index (χ4v) is 3.61. The third-order valence-electron chi connectivity index (χ3n) is 5.10. The van der Waals surface area contributed by atoms with Gasteiger partial charge in [0.25, 0.3) is 0 Å². The third kappa shape index (κ3) is 4.26. The maximum Gasteiger partial charge on any atom is 0.127 e. The lowest BCUT2D eigenvalue weighted by Crippen LogP contribution is -2.20. The van der Waals surface area contributed by atoms with Gasteiger partial charge in [0, 0.05) is 37.2 Å². The van der Waals surface area contributed by atoms with Crippen molar-refractivity contribution in [3.63, 3.8) is 0 Å². The minimum absolute atomic E-state index is 0.863. The van der Waals surface area contributed by atoms with Crippen molar-refractivity contribution in [2.24, 2.45) is 7.05 Å². The fourth-order valence-electron chi connectivity index (χ4n) is 3.61. The van der Waals surface area contributed by atoms with E-state index in [1.54, 1.807) is 0 Å². The van der Waals surface area contributed by atoms with Crippen molar-refractivity contribution in [1.82, 2.24) is 9.47 Å². The Balaban J connectivity index is 1.34. The molecule has 3 aromatic carbocycles. The van der Waals surface area contributed by atoms with E-state index in [0.717, 1.165) is 31.0 Å². The topological polar surface area (TPSA) is 17.4 Å². The van der Waals surface area contributed by atoms with Crippen molar-refractivity contribution in [1.29, 1.82) is 0 Å². The van der Waals surface area contributed by atoms with Crippen LogP contribution in [0.15, 0.2) is 85.1 Å². The second kappa shape index (κ2) is 8.32. The molecule has 0 aliphatic carbocycles. The number of likely N-dealkylation sites (N-methyl/N-ethyl adjacent to an activating group) is 1. The Labute approximate surface area is 166 Å². The normalized spacial score (nSPS) is 11.2. The van der Waals surface area contributed by atoms with Crippen molar-refractivity contribution >= 4 is 10.9 Å². The molecule has 1 aromatic heterocycles. The predicted molar refractivity (Wildman–Crippen MR) is 116 cm³/mol. The van der Waals surface area contributed by atoms with Crippen molar-refractivity contribution in [3.8, 4) is 11.5 Å². The molecule has 0 unspecified atom stereocenters. The van der Waals surface area contributed by atoms with E-state index in [-0.39, 0.29) is 0 Å². The van der Waals surface area contributed by atoms with Crippen LogP contribution in [-0.2, 0) is 20.0 Å². The van der Waals surface area contributed by atoms with Crippen LogP contribution in [0.3, 0.4) is 0 Å². The molecule has 0 fully saturated rings. The molecule has 0 saturated heterocycles. The van der Waals surface area contributed by atoms with Gasteiger partial charge in [0.15, 0.2) is 0 Å². The van der Waals surface area contributed by atoms with Gasteiger partial charge in [-0.2, -0.15) is 0 Å². The van der Waals surface area contributed by atoms with Gasteiger partial charge in [-0.25, -0.2) is 0 Å². The summed E-state index contributed by atoms with van der Waals surface area (Å²) < 4.78 is 8.09. The molecule has 1 heterocycles. The Morgan fingerprint density at radius 3 is 2.29 bits per heavy atom. The van der Waals surface area contributed by atoms with Gasteiger partial charge < -0.3 is 14.2 Å².